The molecule has 240 valence electrons. The van der Waals surface area contributed by atoms with Gasteiger partial charge < -0.3 is 18.6 Å². The van der Waals surface area contributed by atoms with Gasteiger partial charge in [-0.2, -0.15) is 0 Å². The Balaban J connectivity index is 1.44. The molecule has 4 nitrogen and oxygen atoms in total. The standard InChI is InChI=1S/C39H54B2O4/c1-7-9-11-13-21-39(22-14-12-10-8-2)35-24-31(41-44-27-38(5,6)28-45-41)17-20-33(35)34-18-15-29-23-30(16-19-32(29)36(34)39)40-42-25-37(3,4)26-43-40/h15-20,23-24H,7-14,21-22,25-28H2,1-6H3. The fourth-order valence-electron chi connectivity index (χ4n) is 7.83. The average molecular weight is 608 g/mol. The first-order chi connectivity index (χ1) is 21.7. The quantitative estimate of drug-likeness (QED) is 0.153. The molecule has 2 heterocycles. The molecular formula is C39H54B2O4. The Labute approximate surface area is 273 Å². The molecule has 0 bridgehead atoms. The van der Waals surface area contributed by atoms with E-state index in [1.54, 1.807) is 0 Å². The van der Waals surface area contributed by atoms with E-state index in [-0.39, 0.29) is 30.5 Å². The molecule has 3 aromatic rings. The van der Waals surface area contributed by atoms with Crippen LogP contribution in [0.1, 0.15) is 117 Å². The Morgan fingerprint density at radius 1 is 0.578 bits per heavy atom. The van der Waals surface area contributed by atoms with Gasteiger partial charge in [-0.1, -0.05) is 141 Å². The Hall–Kier alpha value is -2.11. The van der Waals surface area contributed by atoms with Crippen LogP contribution in [0.2, 0.25) is 0 Å². The van der Waals surface area contributed by atoms with Crippen molar-refractivity contribution < 1.29 is 18.6 Å². The van der Waals surface area contributed by atoms with E-state index in [1.165, 1.54) is 97.2 Å². The molecule has 3 aromatic carbocycles. The van der Waals surface area contributed by atoms with Crippen LogP contribution in [-0.2, 0) is 24.0 Å². The van der Waals surface area contributed by atoms with E-state index in [0.717, 1.165) is 10.9 Å². The van der Waals surface area contributed by atoms with Crippen molar-refractivity contribution in [3.63, 3.8) is 0 Å². The minimum atomic E-state index is -0.302. The number of unbranched alkanes of at least 4 members (excludes halogenated alkanes) is 6. The third kappa shape index (κ3) is 6.82. The summed E-state index contributed by atoms with van der Waals surface area (Å²) in [6.07, 6.45) is 12.5. The summed E-state index contributed by atoms with van der Waals surface area (Å²) < 4.78 is 25.0. The van der Waals surface area contributed by atoms with Crippen LogP contribution in [0.3, 0.4) is 0 Å². The minimum Gasteiger partial charge on any atom is -0.407 e. The second-order valence-corrected chi connectivity index (χ2v) is 15.7. The Bertz CT molecular complexity index is 1450. The number of hydrogen-bond acceptors (Lipinski definition) is 4. The normalized spacial score (nSPS) is 20.0. The van der Waals surface area contributed by atoms with Crippen molar-refractivity contribution in [1.82, 2.24) is 0 Å². The zero-order chi connectivity index (χ0) is 31.7. The third-order valence-electron chi connectivity index (χ3n) is 10.3. The largest absolute Gasteiger partial charge is 0.493 e. The lowest BCUT2D eigenvalue weighted by Gasteiger charge is -2.35. The number of fused-ring (bicyclic) bond motifs is 5. The van der Waals surface area contributed by atoms with Gasteiger partial charge in [0.15, 0.2) is 0 Å². The Morgan fingerprint density at radius 3 is 1.64 bits per heavy atom. The highest BCUT2D eigenvalue weighted by Gasteiger charge is 2.45. The van der Waals surface area contributed by atoms with Gasteiger partial charge in [-0.05, 0) is 56.8 Å². The molecule has 0 N–H and O–H groups in total. The summed E-state index contributed by atoms with van der Waals surface area (Å²) in [6, 6.07) is 18.7. The van der Waals surface area contributed by atoms with Crippen molar-refractivity contribution in [2.24, 2.45) is 10.8 Å². The van der Waals surface area contributed by atoms with Crippen LogP contribution in [-0.4, -0.2) is 40.7 Å². The molecule has 0 atom stereocenters. The smallest absolute Gasteiger partial charge is 0.407 e. The topological polar surface area (TPSA) is 36.9 Å². The maximum atomic E-state index is 6.32. The van der Waals surface area contributed by atoms with Gasteiger partial charge in [0.25, 0.3) is 0 Å². The van der Waals surface area contributed by atoms with Crippen LogP contribution < -0.4 is 10.9 Å². The summed E-state index contributed by atoms with van der Waals surface area (Å²) in [6.45, 7) is 16.3. The zero-order valence-corrected chi connectivity index (χ0v) is 28.8. The SMILES string of the molecule is CCCCCCC1(CCCCCC)c2cc(B3OCC(C)(C)CO3)ccc2-c2ccc3cc(B4OCC(C)(C)CO4)ccc3c21. The second kappa shape index (κ2) is 13.6. The first kappa shape index (κ1) is 32.8. The van der Waals surface area contributed by atoms with E-state index in [0.29, 0.717) is 26.4 Å². The molecule has 0 saturated carbocycles. The van der Waals surface area contributed by atoms with Gasteiger partial charge in [0.05, 0.1) is 0 Å². The molecular weight excluding hydrogens is 554 g/mol. The fraction of sp³-hybridized carbons (Fsp3) is 0.590. The lowest BCUT2D eigenvalue weighted by molar-refractivity contribution is 0.0342. The molecule has 3 aliphatic rings. The van der Waals surface area contributed by atoms with E-state index in [4.69, 9.17) is 18.6 Å². The highest BCUT2D eigenvalue weighted by molar-refractivity contribution is 6.62. The minimum absolute atomic E-state index is 0.0288. The first-order valence-electron chi connectivity index (χ1n) is 17.8. The van der Waals surface area contributed by atoms with E-state index in [9.17, 15) is 0 Å². The lowest BCUT2D eigenvalue weighted by atomic mass is 9.67. The van der Waals surface area contributed by atoms with Crippen LogP contribution in [0.5, 0.6) is 0 Å². The molecule has 2 fully saturated rings. The highest BCUT2D eigenvalue weighted by atomic mass is 16.6. The van der Waals surface area contributed by atoms with Gasteiger partial charge in [0.2, 0.25) is 0 Å². The van der Waals surface area contributed by atoms with E-state index >= 15 is 0 Å². The third-order valence-corrected chi connectivity index (χ3v) is 10.3. The van der Waals surface area contributed by atoms with E-state index in [1.807, 2.05) is 0 Å². The van der Waals surface area contributed by atoms with Gasteiger partial charge in [-0.15, -0.1) is 0 Å². The summed E-state index contributed by atoms with van der Waals surface area (Å²) in [7, 11) is -0.603. The monoisotopic (exact) mass is 608 g/mol. The Morgan fingerprint density at radius 2 is 1.09 bits per heavy atom. The molecule has 6 rings (SSSR count). The highest BCUT2D eigenvalue weighted by Crippen LogP contribution is 2.56. The van der Waals surface area contributed by atoms with Crippen LogP contribution in [0.25, 0.3) is 21.9 Å². The number of rotatable bonds is 12. The predicted octanol–water partition coefficient (Wildman–Crippen LogP) is 8.58. The molecule has 0 unspecified atom stereocenters. The van der Waals surface area contributed by atoms with Crippen molar-refractivity contribution in [2.45, 2.75) is 111 Å². The van der Waals surface area contributed by atoms with Crippen molar-refractivity contribution in [3.8, 4) is 11.1 Å². The molecule has 0 radical (unpaired) electrons. The van der Waals surface area contributed by atoms with Crippen LogP contribution >= 0.6 is 0 Å². The second-order valence-electron chi connectivity index (χ2n) is 15.7. The van der Waals surface area contributed by atoms with Gasteiger partial charge in [0, 0.05) is 42.7 Å². The van der Waals surface area contributed by atoms with Crippen LogP contribution in [0.4, 0.5) is 0 Å². The predicted molar refractivity (Wildman–Crippen MR) is 190 cm³/mol. The van der Waals surface area contributed by atoms with Crippen molar-refractivity contribution in [2.75, 3.05) is 26.4 Å². The summed E-state index contributed by atoms with van der Waals surface area (Å²) in [5.74, 6) is 0. The summed E-state index contributed by atoms with van der Waals surface area (Å²) in [4.78, 5) is 0. The van der Waals surface area contributed by atoms with Gasteiger partial charge in [0.1, 0.15) is 0 Å². The van der Waals surface area contributed by atoms with Crippen molar-refractivity contribution in [3.05, 3.63) is 59.7 Å². The van der Waals surface area contributed by atoms with Crippen molar-refractivity contribution >= 4 is 35.9 Å². The summed E-state index contributed by atoms with van der Waals surface area (Å²) in [5.41, 5.74) is 8.16. The maximum absolute atomic E-state index is 6.32. The van der Waals surface area contributed by atoms with Crippen LogP contribution in [0.15, 0.2) is 48.5 Å². The van der Waals surface area contributed by atoms with Gasteiger partial charge >= 0.3 is 14.2 Å². The Kier molecular flexibility index (Phi) is 9.88. The molecule has 45 heavy (non-hydrogen) atoms. The number of hydrogen-bond donors (Lipinski definition) is 0. The molecule has 2 saturated heterocycles. The molecule has 1 aliphatic carbocycles. The zero-order valence-electron chi connectivity index (χ0n) is 28.8. The van der Waals surface area contributed by atoms with E-state index in [2.05, 4.69) is 90.1 Å². The molecule has 0 spiro atoms. The van der Waals surface area contributed by atoms with Gasteiger partial charge in [-0.3, -0.25) is 0 Å². The maximum Gasteiger partial charge on any atom is 0.493 e. The summed E-state index contributed by atoms with van der Waals surface area (Å²) in [5, 5.41) is 2.66. The average Bonchev–Trinajstić information content (AvgIpc) is 3.30. The van der Waals surface area contributed by atoms with E-state index < -0.39 is 0 Å². The van der Waals surface area contributed by atoms with Crippen molar-refractivity contribution in [1.29, 1.82) is 0 Å². The molecule has 0 aromatic heterocycles. The molecule has 6 heteroatoms. The lowest BCUT2D eigenvalue weighted by Crippen LogP contribution is -2.47. The molecule has 2 aliphatic heterocycles. The van der Waals surface area contributed by atoms with Crippen LogP contribution in [0, 0.1) is 10.8 Å². The molecule has 0 amide bonds. The van der Waals surface area contributed by atoms with Gasteiger partial charge in [-0.25, -0.2) is 0 Å². The first-order valence-corrected chi connectivity index (χ1v) is 17.8. The number of benzene rings is 3. The summed E-state index contributed by atoms with van der Waals surface area (Å²) >= 11 is 0. The fourth-order valence-corrected chi connectivity index (χ4v) is 7.83.